The van der Waals surface area contributed by atoms with Gasteiger partial charge in [0.25, 0.3) is 5.56 Å². The van der Waals surface area contributed by atoms with Crippen molar-refractivity contribution in [1.29, 1.82) is 0 Å². The van der Waals surface area contributed by atoms with Crippen LogP contribution >= 0.6 is 11.6 Å². The first-order valence-electron chi connectivity index (χ1n) is 10.7. The van der Waals surface area contributed by atoms with Gasteiger partial charge in [-0.1, -0.05) is 36.7 Å². The summed E-state index contributed by atoms with van der Waals surface area (Å²) in [5.74, 6) is 1.65. The van der Waals surface area contributed by atoms with E-state index in [0.717, 1.165) is 23.5 Å². The lowest BCUT2D eigenvalue weighted by Gasteiger charge is -2.33. The van der Waals surface area contributed by atoms with Crippen molar-refractivity contribution in [2.75, 3.05) is 18.6 Å². The summed E-state index contributed by atoms with van der Waals surface area (Å²) in [4.78, 5) is 33.5. The van der Waals surface area contributed by atoms with Crippen LogP contribution in [-0.4, -0.2) is 32.3 Å². The van der Waals surface area contributed by atoms with Gasteiger partial charge in [-0.3, -0.25) is 13.9 Å². The lowest BCUT2D eigenvalue weighted by atomic mass is 10.1. The number of rotatable bonds is 4. The summed E-state index contributed by atoms with van der Waals surface area (Å²) in [6.07, 6.45) is 0. The molecule has 0 saturated carbocycles. The third-order valence-corrected chi connectivity index (χ3v) is 6.27. The third kappa shape index (κ3) is 3.60. The maximum atomic E-state index is 13.6. The van der Waals surface area contributed by atoms with Crippen molar-refractivity contribution in [3.05, 3.63) is 80.0 Å². The van der Waals surface area contributed by atoms with Crippen molar-refractivity contribution in [3.8, 4) is 5.75 Å². The lowest BCUT2D eigenvalue weighted by Crippen LogP contribution is -2.40. The Kier molecular flexibility index (Phi) is 5.25. The van der Waals surface area contributed by atoms with Gasteiger partial charge >= 0.3 is 5.69 Å². The summed E-state index contributed by atoms with van der Waals surface area (Å²) in [5, 5.41) is 0.558. The molecule has 0 aliphatic carbocycles. The van der Waals surface area contributed by atoms with Crippen LogP contribution in [0.5, 0.6) is 5.75 Å². The van der Waals surface area contributed by atoms with Gasteiger partial charge in [0.15, 0.2) is 11.2 Å². The van der Waals surface area contributed by atoms with Crippen LogP contribution in [0.15, 0.2) is 58.1 Å². The number of hydrogen-bond donors (Lipinski definition) is 0. The largest absolute Gasteiger partial charge is 0.497 e. The van der Waals surface area contributed by atoms with E-state index >= 15 is 0 Å². The molecular formula is C24H24ClN5O3. The predicted molar refractivity (Wildman–Crippen MR) is 129 cm³/mol. The second-order valence-corrected chi connectivity index (χ2v) is 8.91. The van der Waals surface area contributed by atoms with Gasteiger partial charge in [0.05, 0.1) is 13.7 Å². The molecule has 0 fully saturated rings. The first-order valence-corrected chi connectivity index (χ1v) is 11.1. The number of aryl methyl sites for hydroxylation is 1. The zero-order chi connectivity index (χ0) is 23.3. The average molecular weight is 466 g/mol. The van der Waals surface area contributed by atoms with Gasteiger partial charge in [0.2, 0.25) is 5.95 Å². The van der Waals surface area contributed by atoms with E-state index in [1.165, 1.54) is 9.13 Å². The molecule has 5 rings (SSSR count). The van der Waals surface area contributed by atoms with E-state index in [2.05, 4.69) is 11.8 Å². The third-order valence-electron chi connectivity index (χ3n) is 6.04. The summed E-state index contributed by atoms with van der Waals surface area (Å²) in [6, 6.07) is 14.9. The summed E-state index contributed by atoms with van der Waals surface area (Å²) in [7, 11) is 3.28. The number of fused-ring (bicyclic) bond motifs is 3. The van der Waals surface area contributed by atoms with Gasteiger partial charge in [-0.05, 0) is 35.7 Å². The Morgan fingerprint density at radius 1 is 1.12 bits per heavy atom. The first kappa shape index (κ1) is 21.3. The molecule has 2 aromatic heterocycles. The molecule has 0 bridgehead atoms. The highest BCUT2D eigenvalue weighted by Crippen LogP contribution is 2.34. The maximum Gasteiger partial charge on any atom is 0.332 e. The van der Waals surface area contributed by atoms with Crippen LogP contribution in [0, 0.1) is 5.92 Å². The van der Waals surface area contributed by atoms with Gasteiger partial charge in [0, 0.05) is 36.9 Å². The van der Waals surface area contributed by atoms with E-state index < -0.39 is 5.69 Å². The predicted octanol–water partition coefficient (Wildman–Crippen LogP) is 3.39. The Balaban J connectivity index is 1.71. The van der Waals surface area contributed by atoms with Crippen LogP contribution in [0.1, 0.15) is 12.5 Å². The molecule has 9 heteroatoms. The molecule has 170 valence electrons. The SMILES string of the molecule is COc1cccc(N2CC(C)Cn3c2nc2c3c(=O)n(Cc3cccc(Cl)c3)c(=O)n2C)c1. The molecular weight excluding hydrogens is 442 g/mol. The number of nitrogens with zero attached hydrogens (tertiary/aromatic N) is 5. The minimum absolute atomic E-state index is 0.137. The van der Waals surface area contributed by atoms with Gasteiger partial charge in [-0.25, -0.2) is 4.79 Å². The monoisotopic (exact) mass is 465 g/mol. The molecule has 0 saturated heterocycles. The van der Waals surface area contributed by atoms with Crippen molar-refractivity contribution in [3.63, 3.8) is 0 Å². The fourth-order valence-corrected chi connectivity index (χ4v) is 4.67. The van der Waals surface area contributed by atoms with Crippen LogP contribution in [-0.2, 0) is 20.1 Å². The Bertz CT molecular complexity index is 1490. The van der Waals surface area contributed by atoms with Gasteiger partial charge in [0.1, 0.15) is 5.75 Å². The lowest BCUT2D eigenvalue weighted by molar-refractivity contribution is 0.414. The highest BCUT2D eigenvalue weighted by Gasteiger charge is 2.30. The standard InChI is InChI=1S/C24H24ClN5O3/c1-15-12-28(18-8-5-9-19(11-18)33-3)23-26-21-20(29(23)13-15)22(31)30(24(32)27(21)2)14-16-6-4-7-17(25)10-16/h4-11,15H,12-14H2,1-3H3. The van der Waals surface area contributed by atoms with Crippen molar-refractivity contribution < 1.29 is 4.74 Å². The van der Waals surface area contributed by atoms with E-state index in [-0.39, 0.29) is 18.0 Å². The summed E-state index contributed by atoms with van der Waals surface area (Å²) < 4.78 is 10.0. The number of halogens is 1. The van der Waals surface area contributed by atoms with Crippen LogP contribution in [0.3, 0.4) is 0 Å². The second-order valence-electron chi connectivity index (χ2n) is 8.47. The number of benzene rings is 2. The Morgan fingerprint density at radius 3 is 2.67 bits per heavy atom. The molecule has 1 atom stereocenters. The fourth-order valence-electron chi connectivity index (χ4n) is 4.46. The molecule has 8 nitrogen and oxygen atoms in total. The molecule has 0 spiro atoms. The van der Waals surface area contributed by atoms with Crippen molar-refractivity contribution in [2.45, 2.75) is 20.0 Å². The second kappa shape index (κ2) is 8.12. The Labute approximate surface area is 195 Å². The maximum absolute atomic E-state index is 13.6. The smallest absolute Gasteiger partial charge is 0.332 e. The average Bonchev–Trinajstić information content (AvgIpc) is 3.19. The van der Waals surface area contributed by atoms with Crippen LogP contribution in [0.2, 0.25) is 5.02 Å². The van der Waals surface area contributed by atoms with Gasteiger partial charge in [-0.15, -0.1) is 0 Å². The number of ether oxygens (including phenoxy) is 1. The number of anilines is 2. The first-order chi connectivity index (χ1) is 15.9. The zero-order valence-corrected chi connectivity index (χ0v) is 19.4. The summed E-state index contributed by atoms with van der Waals surface area (Å²) in [5.41, 5.74) is 1.74. The highest BCUT2D eigenvalue weighted by atomic mass is 35.5. The molecule has 4 aromatic rings. The zero-order valence-electron chi connectivity index (χ0n) is 18.7. The molecule has 0 amide bonds. The minimum Gasteiger partial charge on any atom is -0.497 e. The normalized spacial score (nSPS) is 15.6. The number of aromatic nitrogens is 4. The summed E-state index contributed by atoms with van der Waals surface area (Å²) in [6.45, 7) is 3.64. The van der Waals surface area contributed by atoms with Gasteiger partial charge in [-0.2, -0.15) is 4.98 Å². The van der Waals surface area contributed by atoms with Gasteiger partial charge < -0.3 is 14.2 Å². The number of imidazole rings is 1. The van der Waals surface area contributed by atoms with Crippen molar-refractivity contribution in [1.82, 2.24) is 18.7 Å². The quantitative estimate of drug-likeness (QED) is 0.462. The molecule has 3 heterocycles. The fraction of sp³-hybridized carbons (Fsp3) is 0.292. The minimum atomic E-state index is -0.413. The topological polar surface area (TPSA) is 74.3 Å². The van der Waals surface area contributed by atoms with E-state index in [9.17, 15) is 9.59 Å². The van der Waals surface area contributed by atoms with E-state index in [4.69, 9.17) is 21.3 Å². The van der Waals surface area contributed by atoms with Crippen molar-refractivity contribution >= 4 is 34.4 Å². The molecule has 1 unspecified atom stereocenters. The number of hydrogen-bond acceptors (Lipinski definition) is 5. The highest BCUT2D eigenvalue weighted by molar-refractivity contribution is 6.30. The molecule has 0 N–H and O–H groups in total. The van der Waals surface area contributed by atoms with E-state index in [0.29, 0.717) is 28.7 Å². The van der Waals surface area contributed by atoms with Crippen LogP contribution < -0.4 is 20.9 Å². The van der Waals surface area contributed by atoms with E-state index in [1.54, 1.807) is 32.4 Å². The van der Waals surface area contributed by atoms with Crippen LogP contribution in [0.25, 0.3) is 11.2 Å². The van der Waals surface area contributed by atoms with E-state index in [1.807, 2.05) is 34.9 Å². The molecule has 2 aromatic carbocycles. The van der Waals surface area contributed by atoms with Crippen molar-refractivity contribution in [2.24, 2.45) is 13.0 Å². The van der Waals surface area contributed by atoms with Crippen LogP contribution in [0.4, 0.5) is 11.6 Å². The Hall–Kier alpha value is -3.52. The Morgan fingerprint density at radius 2 is 1.91 bits per heavy atom. The molecule has 1 aliphatic heterocycles. The number of methoxy groups -OCH3 is 1. The molecule has 1 aliphatic rings. The summed E-state index contributed by atoms with van der Waals surface area (Å²) >= 11 is 6.11. The molecule has 33 heavy (non-hydrogen) atoms. The molecule has 0 radical (unpaired) electrons.